The normalized spacial score (nSPS) is 25.0. The zero-order chi connectivity index (χ0) is 30.7. The number of hydrogen-bond donors (Lipinski definition) is 6. The Morgan fingerprint density at radius 1 is 1.05 bits per heavy atom. The van der Waals surface area contributed by atoms with Crippen molar-refractivity contribution in [2.75, 3.05) is 26.5 Å². The van der Waals surface area contributed by atoms with Gasteiger partial charge in [-0.15, -0.1) is 0 Å². The number of ketones is 2. The Morgan fingerprint density at radius 2 is 1.69 bits per heavy atom. The van der Waals surface area contributed by atoms with Crippen molar-refractivity contribution in [3.8, 4) is 17.2 Å². The van der Waals surface area contributed by atoms with Gasteiger partial charge in [-0.1, -0.05) is 0 Å². The van der Waals surface area contributed by atoms with E-state index in [1.165, 1.54) is 36.3 Å². The summed E-state index contributed by atoms with van der Waals surface area (Å²) in [6.45, 7) is 0. The van der Waals surface area contributed by atoms with Crippen molar-refractivity contribution < 1.29 is 49.1 Å². The fourth-order valence-electron chi connectivity index (χ4n) is 6.25. The van der Waals surface area contributed by atoms with Gasteiger partial charge in [0.1, 0.15) is 34.3 Å². The topological polar surface area (TPSA) is 209 Å². The molecule has 220 valence electrons. The van der Waals surface area contributed by atoms with E-state index in [-0.39, 0.29) is 41.0 Å². The van der Waals surface area contributed by atoms with Crippen molar-refractivity contribution in [2.45, 2.75) is 24.5 Å². The molecule has 0 heterocycles. The molecule has 2 aromatic carbocycles. The number of methoxy groups -OCH3 is 1. The summed E-state index contributed by atoms with van der Waals surface area (Å²) in [5.41, 5.74) is 1.60. The van der Waals surface area contributed by atoms with Crippen LogP contribution in [-0.4, -0.2) is 81.7 Å². The maximum Gasteiger partial charge on any atom is 0.417 e. The number of phenols is 1. The third kappa shape index (κ3) is 4.25. The number of allylic oxidation sites excluding steroid dienone is 1. The average molecular weight is 580 g/mol. The van der Waals surface area contributed by atoms with E-state index in [4.69, 9.17) is 15.2 Å². The highest BCUT2D eigenvalue weighted by Gasteiger charge is 2.63. The molecular weight excluding hydrogens is 550 g/mol. The van der Waals surface area contributed by atoms with E-state index in [2.05, 4.69) is 5.32 Å². The van der Waals surface area contributed by atoms with Gasteiger partial charge in [0.25, 0.3) is 5.91 Å². The molecule has 0 spiro atoms. The number of benzene rings is 2. The van der Waals surface area contributed by atoms with Crippen LogP contribution in [0.1, 0.15) is 22.3 Å². The number of fused-ring (bicyclic) bond motifs is 3. The summed E-state index contributed by atoms with van der Waals surface area (Å²) in [5.74, 6) is -6.76. The third-order valence-electron chi connectivity index (χ3n) is 8.11. The summed E-state index contributed by atoms with van der Waals surface area (Å²) >= 11 is 0. The molecule has 2 amide bonds. The van der Waals surface area contributed by atoms with Gasteiger partial charge >= 0.3 is 6.09 Å². The van der Waals surface area contributed by atoms with Crippen LogP contribution in [0.2, 0.25) is 0 Å². The van der Waals surface area contributed by atoms with Crippen LogP contribution < -0.4 is 20.5 Å². The summed E-state index contributed by atoms with van der Waals surface area (Å²) in [5, 5.41) is 47.1. The summed E-state index contributed by atoms with van der Waals surface area (Å²) < 4.78 is 10.4. The quantitative estimate of drug-likeness (QED) is 0.222. The number of anilines is 1. The molecule has 0 saturated heterocycles. The minimum Gasteiger partial charge on any atom is -0.510 e. The molecular formula is C29H29N3O10. The number of nitrogens with zero attached hydrogens (tertiary/aromatic N) is 1. The standard InChI is InChI=1S/C29H29N3O10/c1-32(2)22-16-11-12-10-15-17(31-28(39)42-14-6-4-13(41-3)5-7-14)8-9-18(33)20(15)23(34)19(12)25(36)29(16,40)26(37)21(24(22)35)27(30)38/h4-9,12,16,22,33,35-36,40H,10-11H2,1-3H3,(H2,30,38)(H,31,39)/t12-,16-,22-,29-/m1/s1. The minimum atomic E-state index is -2.74. The highest BCUT2D eigenvalue weighted by atomic mass is 16.6. The van der Waals surface area contributed by atoms with E-state index in [1.54, 1.807) is 26.2 Å². The molecule has 5 rings (SSSR count). The van der Waals surface area contributed by atoms with Crippen molar-refractivity contribution in [2.24, 2.45) is 17.6 Å². The Kier molecular flexibility index (Phi) is 6.95. The van der Waals surface area contributed by atoms with Gasteiger partial charge < -0.3 is 35.6 Å². The van der Waals surface area contributed by atoms with Gasteiger partial charge in [-0.2, -0.15) is 0 Å². The lowest BCUT2D eigenvalue weighted by molar-refractivity contribution is -0.148. The van der Waals surface area contributed by atoms with E-state index in [9.17, 15) is 39.6 Å². The molecule has 4 atom stereocenters. The predicted octanol–water partition coefficient (Wildman–Crippen LogP) is 1.74. The van der Waals surface area contributed by atoms with Crippen molar-refractivity contribution >= 4 is 29.3 Å². The first-order chi connectivity index (χ1) is 19.8. The fourth-order valence-corrected chi connectivity index (χ4v) is 6.25. The SMILES string of the molecule is COc1ccc(OC(=O)Nc2ccc(O)c3c2C[C@@H]2C[C@@H]4[C@@H](N(C)C)C(O)=C(C(N)=O)C(=O)[C@]4(O)C(O)=C2C3=O)cc1. The molecule has 3 aliphatic carbocycles. The highest BCUT2D eigenvalue weighted by Crippen LogP contribution is 2.52. The fraction of sp³-hybridized carbons (Fsp3) is 0.310. The van der Waals surface area contributed by atoms with Crippen molar-refractivity contribution in [1.82, 2.24) is 4.90 Å². The van der Waals surface area contributed by atoms with Crippen molar-refractivity contribution in [3.05, 3.63) is 70.2 Å². The number of amides is 2. The van der Waals surface area contributed by atoms with Crippen LogP contribution in [-0.2, 0) is 16.0 Å². The van der Waals surface area contributed by atoms with E-state index < -0.39 is 69.9 Å². The molecule has 0 aromatic heterocycles. The molecule has 0 saturated carbocycles. The maximum atomic E-state index is 13.8. The third-order valence-corrected chi connectivity index (χ3v) is 8.11. The van der Waals surface area contributed by atoms with Crippen LogP contribution in [0.5, 0.6) is 17.2 Å². The van der Waals surface area contributed by atoms with Gasteiger partial charge in [-0.3, -0.25) is 24.6 Å². The number of primary amides is 1. The van der Waals surface area contributed by atoms with Gasteiger partial charge in [0, 0.05) is 17.2 Å². The zero-order valence-corrected chi connectivity index (χ0v) is 22.9. The number of nitrogens with one attached hydrogen (secondary N) is 1. The monoisotopic (exact) mass is 579 g/mol. The highest BCUT2D eigenvalue weighted by molar-refractivity contribution is 6.25. The van der Waals surface area contributed by atoms with Gasteiger partial charge in [-0.05, 0) is 74.8 Å². The number of aliphatic hydroxyl groups excluding tert-OH is 2. The van der Waals surface area contributed by atoms with Crippen LogP contribution in [0.25, 0.3) is 0 Å². The van der Waals surface area contributed by atoms with Gasteiger partial charge in [0.15, 0.2) is 11.4 Å². The molecule has 3 aliphatic rings. The van der Waals surface area contributed by atoms with E-state index in [0.29, 0.717) is 5.75 Å². The molecule has 2 aromatic rings. The number of likely N-dealkylation sites (N-methyl/N-ethyl adjacent to an activating group) is 1. The molecule has 0 fully saturated rings. The molecule has 0 aliphatic heterocycles. The lowest BCUT2D eigenvalue weighted by Gasteiger charge is -2.50. The number of carbonyl (C=O) groups is 4. The molecule has 42 heavy (non-hydrogen) atoms. The number of carbonyl (C=O) groups excluding carboxylic acids is 4. The van der Waals surface area contributed by atoms with Gasteiger partial charge in [0.2, 0.25) is 5.78 Å². The Bertz CT molecular complexity index is 1590. The molecule has 13 heteroatoms. The van der Waals surface area contributed by atoms with E-state index >= 15 is 0 Å². The van der Waals surface area contributed by atoms with Crippen LogP contribution >= 0.6 is 0 Å². The second-order valence-electron chi connectivity index (χ2n) is 10.6. The van der Waals surface area contributed by atoms with Crippen LogP contribution in [0.4, 0.5) is 10.5 Å². The Hall–Kier alpha value is -4.88. The number of rotatable bonds is 5. The van der Waals surface area contributed by atoms with Crippen molar-refractivity contribution in [3.63, 3.8) is 0 Å². The second kappa shape index (κ2) is 10.2. The summed E-state index contributed by atoms with van der Waals surface area (Å²) in [6, 6.07) is 7.71. The molecule has 13 nitrogen and oxygen atoms in total. The maximum absolute atomic E-state index is 13.8. The molecule has 7 N–H and O–H groups in total. The number of aliphatic hydroxyl groups is 3. The Morgan fingerprint density at radius 3 is 2.29 bits per heavy atom. The number of hydrogen-bond acceptors (Lipinski definition) is 11. The van der Waals surface area contributed by atoms with Gasteiger partial charge in [-0.25, -0.2) is 4.79 Å². The first kappa shape index (κ1) is 28.6. The summed E-state index contributed by atoms with van der Waals surface area (Å²) in [4.78, 5) is 53.4. The first-order valence-electron chi connectivity index (χ1n) is 12.9. The predicted molar refractivity (Wildman–Crippen MR) is 146 cm³/mol. The minimum absolute atomic E-state index is 0.00108. The lowest BCUT2D eigenvalue weighted by atomic mass is 9.58. The van der Waals surface area contributed by atoms with E-state index in [1.807, 2.05) is 0 Å². The number of Topliss-reactive ketones (excluding diaryl/α,β-unsaturated/α-hetero) is 2. The Labute approximate surface area is 239 Å². The van der Waals surface area contributed by atoms with Crippen LogP contribution in [0, 0.1) is 11.8 Å². The smallest absolute Gasteiger partial charge is 0.417 e. The first-order valence-corrected chi connectivity index (χ1v) is 12.9. The second-order valence-corrected chi connectivity index (χ2v) is 10.6. The Balaban J connectivity index is 1.55. The number of ether oxygens (including phenoxy) is 2. The molecule has 0 radical (unpaired) electrons. The number of nitrogens with two attached hydrogens (primary N) is 1. The van der Waals surface area contributed by atoms with E-state index in [0.717, 1.165) is 0 Å². The van der Waals surface area contributed by atoms with Crippen LogP contribution in [0.15, 0.2) is 59.1 Å². The molecule has 0 unspecified atom stereocenters. The number of aromatic hydroxyl groups is 1. The number of phenolic OH excluding ortho intramolecular Hbond substituents is 1. The lowest BCUT2D eigenvalue weighted by Crippen LogP contribution is -2.63. The average Bonchev–Trinajstić information content (AvgIpc) is 2.92. The van der Waals surface area contributed by atoms with Crippen LogP contribution in [0.3, 0.4) is 0 Å². The van der Waals surface area contributed by atoms with Crippen molar-refractivity contribution in [1.29, 1.82) is 0 Å². The van der Waals surface area contributed by atoms with Gasteiger partial charge in [0.05, 0.1) is 18.7 Å². The molecule has 0 bridgehead atoms. The summed E-state index contributed by atoms with van der Waals surface area (Å²) in [6.07, 6.45) is -0.958. The summed E-state index contributed by atoms with van der Waals surface area (Å²) in [7, 11) is 4.58. The largest absolute Gasteiger partial charge is 0.510 e. The zero-order valence-electron chi connectivity index (χ0n) is 22.9.